The minimum absolute atomic E-state index is 0.112. The van der Waals surface area contributed by atoms with Crippen LogP contribution in [0.15, 0.2) is 48.5 Å². The summed E-state index contributed by atoms with van der Waals surface area (Å²) in [6, 6.07) is 15.9. The van der Waals surface area contributed by atoms with Crippen molar-refractivity contribution in [1.82, 2.24) is 0 Å². The molecule has 0 fully saturated rings. The highest BCUT2D eigenvalue weighted by Gasteiger charge is 2.09. The normalized spacial score (nSPS) is 12.4. The minimum atomic E-state index is -0.112. The Morgan fingerprint density at radius 3 is 2.31 bits per heavy atom. The van der Waals surface area contributed by atoms with Crippen molar-refractivity contribution in [2.24, 2.45) is 5.73 Å². The van der Waals surface area contributed by atoms with Crippen LogP contribution in [0.4, 0.5) is 0 Å². The summed E-state index contributed by atoms with van der Waals surface area (Å²) in [4.78, 5) is 0. The fourth-order valence-electron chi connectivity index (χ4n) is 1.66. The number of benzene rings is 2. The summed E-state index contributed by atoms with van der Waals surface area (Å²) in [5.41, 5.74) is 9.39. The molecule has 1 atom stereocenters. The molecule has 2 N–H and O–H groups in total. The van der Waals surface area contributed by atoms with Crippen molar-refractivity contribution >= 4 is 11.6 Å². The van der Waals surface area contributed by atoms with Crippen LogP contribution in [0, 0.1) is 6.92 Å². The summed E-state index contributed by atoms with van der Waals surface area (Å²) in [7, 11) is 0. The summed E-state index contributed by atoms with van der Waals surface area (Å²) in [5, 5.41) is 0.767. The topological polar surface area (TPSA) is 26.0 Å². The van der Waals surface area contributed by atoms with Gasteiger partial charge >= 0.3 is 0 Å². The van der Waals surface area contributed by atoms with E-state index in [9.17, 15) is 0 Å². The highest BCUT2D eigenvalue weighted by atomic mass is 35.5. The maximum atomic E-state index is 6.18. The number of aryl methyl sites for hydroxylation is 1. The van der Waals surface area contributed by atoms with Gasteiger partial charge < -0.3 is 5.73 Å². The standard InChI is InChI=1S/C14H14ClN/c1-10-7-8-12(9-13(10)15)14(16)11-5-3-2-4-6-11/h2-9,14H,16H2,1H3. The third kappa shape index (κ3) is 2.26. The van der Waals surface area contributed by atoms with Crippen LogP contribution in [0.2, 0.25) is 5.02 Å². The van der Waals surface area contributed by atoms with Gasteiger partial charge in [0, 0.05) is 5.02 Å². The van der Waals surface area contributed by atoms with Gasteiger partial charge in [0.25, 0.3) is 0 Å². The first-order chi connectivity index (χ1) is 7.68. The number of nitrogens with two attached hydrogens (primary N) is 1. The Hall–Kier alpha value is -1.31. The lowest BCUT2D eigenvalue weighted by atomic mass is 9.99. The SMILES string of the molecule is Cc1ccc(C(N)c2ccccc2)cc1Cl. The first kappa shape index (κ1) is 11.2. The van der Waals surface area contributed by atoms with Crippen molar-refractivity contribution < 1.29 is 0 Å². The van der Waals surface area contributed by atoms with Crippen molar-refractivity contribution in [3.8, 4) is 0 Å². The van der Waals surface area contributed by atoms with Crippen LogP contribution in [0.25, 0.3) is 0 Å². The van der Waals surface area contributed by atoms with E-state index in [1.807, 2.05) is 55.5 Å². The summed E-state index contributed by atoms with van der Waals surface area (Å²) < 4.78 is 0. The lowest BCUT2D eigenvalue weighted by molar-refractivity contribution is 0.871. The molecule has 0 radical (unpaired) electrons. The van der Waals surface area contributed by atoms with E-state index in [1.54, 1.807) is 0 Å². The zero-order valence-electron chi connectivity index (χ0n) is 9.15. The van der Waals surface area contributed by atoms with Crippen LogP contribution in [-0.2, 0) is 0 Å². The van der Waals surface area contributed by atoms with E-state index >= 15 is 0 Å². The predicted octanol–water partition coefficient (Wildman–Crippen LogP) is 3.70. The van der Waals surface area contributed by atoms with E-state index in [0.717, 1.165) is 21.7 Å². The molecule has 2 heteroatoms. The molecular formula is C14H14ClN. The Labute approximate surface area is 101 Å². The molecule has 0 aliphatic heterocycles. The van der Waals surface area contributed by atoms with Crippen molar-refractivity contribution in [2.75, 3.05) is 0 Å². The molecule has 0 amide bonds. The molecule has 2 rings (SSSR count). The third-order valence-corrected chi connectivity index (χ3v) is 3.12. The lowest BCUT2D eigenvalue weighted by Gasteiger charge is -2.13. The highest BCUT2D eigenvalue weighted by molar-refractivity contribution is 6.31. The summed E-state index contributed by atoms with van der Waals surface area (Å²) in [5.74, 6) is 0. The molecule has 0 saturated carbocycles. The molecule has 2 aromatic carbocycles. The maximum absolute atomic E-state index is 6.18. The molecule has 16 heavy (non-hydrogen) atoms. The van der Waals surface area contributed by atoms with Gasteiger partial charge in [-0.05, 0) is 29.7 Å². The van der Waals surface area contributed by atoms with E-state index < -0.39 is 0 Å². The lowest BCUT2D eigenvalue weighted by Crippen LogP contribution is -2.11. The van der Waals surface area contributed by atoms with Crippen molar-refractivity contribution in [3.63, 3.8) is 0 Å². The molecule has 0 aliphatic carbocycles. The van der Waals surface area contributed by atoms with Gasteiger partial charge in [0.2, 0.25) is 0 Å². The molecule has 0 aliphatic rings. The number of hydrogen-bond acceptors (Lipinski definition) is 1. The van der Waals surface area contributed by atoms with Gasteiger partial charge in [0.05, 0.1) is 6.04 Å². The van der Waals surface area contributed by atoms with Gasteiger partial charge in [0.15, 0.2) is 0 Å². The second kappa shape index (κ2) is 4.69. The summed E-state index contributed by atoms with van der Waals surface area (Å²) in [6.07, 6.45) is 0. The Balaban J connectivity index is 2.34. The molecule has 0 saturated heterocycles. The first-order valence-corrected chi connectivity index (χ1v) is 5.63. The van der Waals surface area contributed by atoms with Crippen molar-refractivity contribution in [3.05, 3.63) is 70.2 Å². The molecule has 0 bridgehead atoms. The monoisotopic (exact) mass is 231 g/mol. The largest absolute Gasteiger partial charge is 0.320 e. The Bertz CT molecular complexity index is 479. The van der Waals surface area contributed by atoms with E-state index in [4.69, 9.17) is 17.3 Å². The van der Waals surface area contributed by atoms with Crippen LogP contribution >= 0.6 is 11.6 Å². The average molecular weight is 232 g/mol. The number of hydrogen-bond donors (Lipinski definition) is 1. The average Bonchev–Trinajstić information content (AvgIpc) is 2.33. The third-order valence-electron chi connectivity index (χ3n) is 2.71. The van der Waals surface area contributed by atoms with Gasteiger partial charge in [-0.2, -0.15) is 0 Å². The molecule has 1 nitrogen and oxygen atoms in total. The van der Waals surface area contributed by atoms with Crippen LogP contribution in [0.1, 0.15) is 22.7 Å². The maximum Gasteiger partial charge on any atom is 0.0552 e. The molecule has 82 valence electrons. The molecule has 2 aromatic rings. The van der Waals surface area contributed by atoms with Crippen LogP contribution in [-0.4, -0.2) is 0 Å². The highest BCUT2D eigenvalue weighted by Crippen LogP contribution is 2.24. The van der Waals surface area contributed by atoms with E-state index in [0.29, 0.717) is 0 Å². The number of rotatable bonds is 2. The quantitative estimate of drug-likeness (QED) is 0.838. The first-order valence-electron chi connectivity index (χ1n) is 5.25. The summed E-state index contributed by atoms with van der Waals surface area (Å²) in [6.45, 7) is 1.99. The summed E-state index contributed by atoms with van der Waals surface area (Å²) >= 11 is 6.09. The second-order valence-corrected chi connectivity index (χ2v) is 4.30. The van der Waals surface area contributed by atoms with Gasteiger partial charge in [-0.15, -0.1) is 0 Å². The molecule has 0 heterocycles. The van der Waals surface area contributed by atoms with Crippen LogP contribution < -0.4 is 5.73 Å². The van der Waals surface area contributed by atoms with E-state index in [-0.39, 0.29) is 6.04 Å². The minimum Gasteiger partial charge on any atom is -0.320 e. The molecule has 0 aromatic heterocycles. The van der Waals surface area contributed by atoms with Crippen molar-refractivity contribution in [1.29, 1.82) is 0 Å². The van der Waals surface area contributed by atoms with Gasteiger partial charge in [-0.1, -0.05) is 54.1 Å². The fraction of sp³-hybridized carbons (Fsp3) is 0.143. The molecule has 1 unspecified atom stereocenters. The smallest absolute Gasteiger partial charge is 0.0552 e. The fourth-order valence-corrected chi connectivity index (χ4v) is 1.84. The van der Waals surface area contributed by atoms with E-state index in [2.05, 4.69) is 0 Å². The van der Waals surface area contributed by atoms with Gasteiger partial charge in [-0.25, -0.2) is 0 Å². The molecule has 0 spiro atoms. The van der Waals surface area contributed by atoms with Crippen LogP contribution in [0.5, 0.6) is 0 Å². The Kier molecular flexibility index (Phi) is 3.28. The predicted molar refractivity (Wildman–Crippen MR) is 68.7 cm³/mol. The Morgan fingerprint density at radius 2 is 1.69 bits per heavy atom. The Morgan fingerprint density at radius 1 is 1.00 bits per heavy atom. The molecular weight excluding hydrogens is 218 g/mol. The van der Waals surface area contributed by atoms with E-state index in [1.165, 1.54) is 0 Å². The number of halogens is 1. The van der Waals surface area contributed by atoms with Crippen LogP contribution in [0.3, 0.4) is 0 Å². The second-order valence-electron chi connectivity index (χ2n) is 3.90. The van der Waals surface area contributed by atoms with Gasteiger partial charge in [-0.3, -0.25) is 0 Å². The zero-order chi connectivity index (χ0) is 11.5. The van der Waals surface area contributed by atoms with Gasteiger partial charge in [0.1, 0.15) is 0 Å². The zero-order valence-corrected chi connectivity index (χ0v) is 9.91. The van der Waals surface area contributed by atoms with Crippen molar-refractivity contribution in [2.45, 2.75) is 13.0 Å².